The molecule has 3 aliphatic rings. The number of amides is 2. The van der Waals surface area contributed by atoms with Crippen molar-refractivity contribution in [2.45, 2.75) is 25.7 Å². The lowest BCUT2D eigenvalue weighted by Gasteiger charge is -2.32. The van der Waals surface area contributed by atoms with Crippen LogP contribution < -0.4 is 10.2 Å². The van der Waals surface area contributed by atoms with Crippen LogP contribution in [-0.4, -0.2) is 64.4 Å². The molecule has 2 aromatic heterocycles. The second-order valence-electron chi connectivity index (χ2n) is 9.03. The van der Waals surface area contributed by atoms with Gasteiger partial charge in [-0.15, -0.1) is 0 Å². The van der Waals surface area contributed by atoms with E-state index in [0.717, 1.165) is 19.4 Å². The number of hydrogen-bond donors (Lipinski definition) is 1. The van der Waals surface area contributed by atoms with E-state index in [1.165, 1.54) is 12.8 Å². The van der Waals surface area contributed by atoms with E-state index in [1.54, 1.807) is 43.0 Å². The highest BCUT2D eigenvalue weighted by atomic mass is 16.2. The molecule has 2 aliphatic heterocycles. The quantitative estimate of drug-likeness (QED) is 0.793. The van der Waals surface area contributed by atoms with Crippen molar-refractivity contribution in [2.75, 3.05) is 37.6 Å². The van der Waals surface area contributed by atoms with Crippen molar-refractivity contribution in [1.82, 2.24) is 25.2 Å². The summed E-state index contributed by atoms with van der Waals surface area (Å²) in [7, 11) is 0. The third-order valence-corrected chi connectivity index (χ3v) is 6.92. The molecule has 0 unspecified atom stereocenters. The van der Waals surface area contributed by atoms with Gasteiger partial charge in [-0.1, -0.05) is 0 Å². The fraction of sp³-hybridized carbons (Fsp3) is 0.522. The van der Waals surface area contributed by atoms with E-state index in [1.807, 2.05) is 4.90 Å². The van der Waals surface area contributed by atoms with Crippen LogP contribution in [0.3, 0.4) is 0 Å². The van der Waals surface area contributed by atoms with Crippen molar-refractivity contribution in [1.29, 1.82) is 0 Å². The first kappa shape index (κ1) is 19.9. The zero-order valence-corrected chi connectivity index (χ0v) is 17.6. The van der Waals surface area contributed by atoms with Gasteiger partial charge in [-0.25, -0.2) is 9.97 Å². The summed E-state index contributed by atoms with van der Waals surface area (Å²) in [6.45, 7) is 3.22. The zero-order chi connectivity index (χ0) is 21.3. The number of nitrogens with zero attached hydrogens (tertiary/aromatic N) is 5. The zero-order valence-electron chi connectivity index (χ0n) is 17.6. The molecule has 0 radical (unpaired) electrons. The van der Waals surface area contributed by atoms with E-state index in [9.17, 15) is 9.59 Å². The molecule has 3 fully saturated rings. The molecule has 1 N–H and O–H groups in total. The minimum atomic E-state index is -0.530. The minimum absolute atomic E-state index is 0.0169. The van der Waals surface area contributed by atoms with Crippen LogP contribution in [0.25, 0.3) is 0 Å². The molecule has 1 aliphatic carbocycles. The Hall–Kier alpha value is -3.03. The standard InChI is InChI=1S/C23H28N6O2/c30-20(18-4-1-8-24-13-18)28-11-2-7-23(21(31)27-12-17-5-6-17)16-29(15-19(23)14-28)22-25-9-3-10-26-22/h1,3-4,8-10,13,17,19H,2,5-7,11-12,14-16H2,(H,27,31)/t19-,23+/m0/s1. The second kappa shape index (κ2) is 8.24. The van der Waals surface area contributed by atoms with Crippen LogP contribution >= 0.6 is 0 Å². The van der Waals surface area contributed by atoms with Gasteiger partial charge in [0.15, 0.2) is 0 Å². The van der Waals surface area contributed by atoms with Crippen LogP contribution in [0.15, 0.2) is 43.0 Å². The van der Waals surface area contributed by atoms with Gasteiger partial charge in [0.25, 0.3) is 5.91 Å². The molecule has 0 spiro atoms. The van der Waals surface area contributed by atoms with Crippen LogP contribution in [0.5, 0.6) is 0 Å². The van der Waals surface area contributed by atoms with Gasteiger partial charge in [-0.2, -0.15) is 0 Å². The number of rotatable bonds is 5. The summed E-state index contributed by atoms with van der Waals surface area (Å²) in [5.41, 5.74) is 0.0624. The van der Waals surface area contributed by atoms with Gasteiger partial charge in [0.05, 0.1) is 11.0 Å². The molecule has 8 nitrogen and oxygen atoms in total. The summed E-state index contributed by atoms with van der Waals surface area (Å²) >= 11 is 0. The lowest BCUT2D eigenvalue weighted by molar-refractivity contribution is -0.132. The van der Waals surface area contributed by atoms with Crippen LogP contribution in [0.1, 0.15) is 36.0 Å². The highest BCUT2D eigenvalue weighted by Crippen LogP contribution is 2.44. The van der Waals surface area contributed by atoms with Crippen LogP contribution in [0, 0.1) is 17.3 Å². The molecule has 4 heterocycles. The van der Waals surface area contributed by atoms with Gasteiger partial charge < -0.3 is 15.1 Å². The third-order valence-electron chi connectivity index (χ3n) is 6.92. The summed E-state index contributed by atoms with van der Waals surface area (Å²) in [6, 6.07) is 5.38. The van der Waals surface area contributed by atoms with Crippen molar-refractivity contribution in [3.63, 3.8) is 0 Å². The highest BCUT2D eigenvalue weighted by molar-refractivity contribution is 5.94. The van der Waals surface area contributed by atoms with Crippen LogP contribution in [0.4, 0.5) is 5.95 Å². The number of carbonyl (C=O) groups excluding carboxylic acids is 2. The van der Waals surface area contributed by atoms with Gasteiger partial charge >= 0.3 is 0 Å². The van der Waals surface area contributed by atoms with Gasteiger partial charge in [0.2, 0.25) is 11.9 Å². The Bertz CT molecular complexity index is 936. The van der Waals surface area contributed by atoms with E-state index >= 15 is 0 Å². The molecule has 2 aromatic rings. The second-order valence-corrected chi connectivity index (χ2v) is 9.03. The van der Waals surface area contributed by atoms with Crippen molar-refractivity contribution >= 4 is 17.8 Å². The van der Waals surface area contributed by atoms with E-state index in [2.05, 4.69) is 25.2 Å². The number of pyridine rings is 1. The van der Waals surface area contributed by atoms with Gasteiger partial charge in [0.1, 0.15) is 0 Å². The Morgan fingerprint density at radius 2 is 1.97 bits per heavy atom. The number of anilines is 1. The Kier molecular flexibility index (Phi) is 5.29. The van der Waals surface area contributed by atoms with Crippen molar-refractivity contribution < 1.29 is 9.59 Å². The molecule has 8 heteroatoms. The Labute approximate surface area is 182 Å². The monoisotopic (exact) mass is 420 g/mol. The molecular weight excluding hydrogens is 392 g/mol. The normalized spacial score (nSPS) is 25.6. The van der Waals surface area contributed by atoms with E-state index < -0.39 is 5.41 Å². The van der Waals surface area contributed by atoms with Crippen LogP contribution in [-0.2, 0) is 4.79 Å². The van der Waals surface area contributed by atoms with Crippen molar-refractivity contribution in [3.8, 4) is 0 Å². The molecule has 2 saturated heterocycles. The summed E-state index contributed by atoms with van der Waals surface area (Å²) in [6.07, 6.45) is 10.7. The number of likely N-dealkylation sites (tertiary alicyclic amines) is 1. The fourth-order valence-corrected chi connectivity index (χ4v) is 5.00. The summed E-state index contributed by atoms with van der Waals surface area (Å²) in [5.74, 6) is 1.41. The maximum Gasteiger partial charge on any atom is 0.255 e. The number of hydrogen-bond acceptors (Lipinski definition) is 6. The first-order chi connectivity index (χ1) is 15.2. The van der Waals surface area contributed by atoms with E-state index in [-0.39, 0.29) is 17.7 Å². The smallest absolute Gasteiger partial charge is 0.255 e. The molecule has 5 rings (SSSR count). The van der Waals surface area contributed by atoms with Crippen molar-refractivity contribution in [2.24, 2.45) is 17.3 Å². The summed E-state index contributed by atoms with van der Waals surface area (Å²) < 4.78 is 0. The fourth-order valence-electron chi connectivity index (χ4n) is 5.00. The lowest BCUT2D eigenvalue weighted by atomic mass is 9.74. The van der Waals surface area contributed by atoms with E-state index in [0.29, 0.717) is 43.6 Å². The average molecular weight is 421 g/mol. The molecule has 2 atom stereocenters. The Morgan fingerprint density at radius 1 is 1.13 bits per heavy atom. The largest absolute Gasteiger partial charge is 0.355 e. The molecule has 0 bridgehead atoms. The number of carbonyl (C=O) groups is 2. The summed E-state index contributed by atoms with van der Waals surface area (Å²) in [4.78, 5) is 43.6. The predicted octanol–water partition coefficient (Wildman–Crippen LogP) is 1.76. The third kappa shape index (κ3) is 3.98. The number of aromatic nitrogens is 3. The number of fused-ring (bicyclic) bond motifs is 1. The molecule has 2 amide bonds. The highest BCUT2D eigenvalue weighted by Gasteiger charge is 2.54. The molecule has 162 valence electrons. The Morgan fingerprint density at radius 3 is 2.71 bits per heavy atom. The van der Waals surface area contributed by atoms with Gasteiger partial charge in [-0.05, 0) is 49.8 Å². The van der Waals surface area contributed by atoms with Crippen LogP contribution in [0.2, 0.25) is 0 Å². The minimum Gasteiger partial charge on any atom is -0.355 e. The van der Waals surface area contributed by atoms with E-state index in [4.69, 9.17) is 0 Å². The molecule has 31 heavy (non-hydrogen) atoms. The number of nitrogens with one attached hydrogen (secondary N) is 1. The maximum absolute atomic E-state index is 13.5. The molecule has 0 aromatic carbocycles. The molecule has 1 saturated carbocycles. The first-order valence-corrected chi connectivity index (χ1v) is 11.2. The molecular formula is C23H28N6O2. The Balaban J connectivity index is 1.40. The van der Waals surface area contributed by atoms with Gasteiger partial charge in [0, 0.05) is 63.4 Å². The lowest BCUT2D eigenvalue weighted by Crippen LogP contribution is -2.48. The first-order valence-electron chi connectivity index (χ1n) is 11.2. The maximum atomic E-state index is 13.5. The van der Waals surface area contributed by atoms with Crippen molar-refractivity contribution in [3.05, 3.63) is 48.5 Å². The average Bonchev–Trinajstić information content (AvgIpc) is 3.61. The van der Waals surface area contributed by atoms with Gasteiger partial charge in [-0.3, -0.25) is 14.6 Å². The predicted molar refractivity (Wildman–Crippen MR) is 115 cm³/mol. The topological polar surface area (TPSA) is 91.3 Å². The summed E-state index contributed by atoms with van der Waals surface area (Å²) in [5, 5.41) is 3.23. The SMILES string of the molecule is O=C(c1cccnc1)N1CCC[C@@]2(C(=O)NCC3CC3)CN(c3ncccn3)C[C@@H]2C1.